The minimum Gasteiger partial charge on any atom is -0.462 e. The number of halogens is 4. The third-order valence-electron chi connectivity index (χ3n) is 4.94. The fourth-order valence-electron chi connectivity index (χ4n) is 3.42. The number of esters is 1. The predicted octanol–water partition coefficient (Wildman–Crippen LogP) is 4.98. The van der Waals surface area contributed by atoms with Crippen molar-refractivity contribution in [2.45, 2.75) is 13.1 Å². The quantitative estimate of drug-likeness (QED) is 0.291. The van der Waals surface area contributed by atoms with Crippen LogP contribution in [0.25, 0.3) is 16.6 Å². The molecular formula is C22H17BrF3N7O3. The van der Waals surface area contributed by atoms with Crippen molar-refractivity contribution in [2.24, 2.45) is 0 Å². The fraction of sp³-hybridized carbons (Fsp3) is 0.136. The zero-order valence-electron chi connectivity index (χ0n) is 18.4. The number of hydrogen-bond acceptors (Lipinski definition) is 7. The van der Waals surface area contributed by atoms with Crippen LogP contribution in [0, 0.1) is 0 Å². The smallest absolute Gasteiger partial charge is 0.416 e. The van der Waals surface area contributed by atoms with Gasteiger partial charge < -0.3 is 15.8 Å². The van der Waals surface area contributed by atoms with Crippen molar-refractivity contribution < 1.29 is 27.5 Å². The van der Waals surface area contributed by atoms with E-state index in [-0.39, 0.29) is 23.8 Å². The number of carbonyl (C=O) groups excluding carboxylic acids is 2. The number of fused-ring (bicyclic) bond motifs is 1. The molecule has 0 bridgehead atoms. The lowest BCUT2D eigenvalue weighted by atomic mass is 10.0. The zero-order valence-corrected chi connectivity index (χ0v) is 20.0. The van der Waals surface area contributed by atoms with Gasteiger partial charge in [0.25, 0.3) is 0 Å². The number of aromatic nitrogens is 4. The number of anilines is 3. The molecule has 10 nitrogen and oxygen atoms in total. The van der Waals surface area contributed by atoms with E-state index in [0.717, 1.165) is 18.3 Å². The van der Waals surface area contributed by atoms with Crippen LogP contribution >= 0.6 is 15.9 Å². The summed E-state index contributed by atoms with van der Waals surface area (Å²) in [5.41, 5.74) is 6.99. The van der Waals surface area contributed by atoms with Gasteiger partial charge in [-0.2, -0.15) is 18.3 Å². The molecule has 36 heavy (non-hydrogen) atoms. The Morgan fingerprint density at radius 2 is 1.86 bits per heavy atom. The fourth-order valence-corrected chi connectivity index (χ4v) is 4.05. The Morgan fingerprint density at radius 1 is 1.14 bits per heavy atom. The van der Waals surface area contributed by atoms with Crippen LogP contribution in [-0.4, -0.2) is 38.2 Å². The molecule has 0 aliphatic rings. The Kier molecular flexibility index (Phi) is 6.79. The molecule has 3 heterocycles. The van der Waals surface area contributed by atoms with Crippen molar-refractivity contribution in [3.63, 3.8) is 0 Å². The standard InChI is InChI=1S/C22H17BrF3N7O3/c1-2-36-20(34)16-15(17-19(27)29-10-30-33(17)18(16)23)11-3-5-13(6-4-11)31-21(35)32-14-9-12(7-8-28-14)22(24,25)26/h3-10H,2H2,1H3,(H2,27,29,30)(H2,28,31,32,35). The summed E-state index contributed by atoms with van der Waals surface area (Å²) in [6, 6.07) is 7.05. The highest BCUT2D eigenvalue weighted by molar-refractivity contribution is 9.10. The first-order valence-electron chi connectivity index (χ1n) is 10.3. The van der Waals surface area contributed by atoms with Gasteiger partial charge in [0.2, 0.25) is 0 Å². The number of hydrogen-bond donors (Lipinski definition) is 3. The van der Waals surface area contributed by atoms with Crippen molar-refractivity contribution >= 4 is 50.8 Å². The highest BCUT2D eigenvalue weighted by Crippen LogP contribution is 2.38. The average Bonchev–Trinajstić information content (AvgIpc) is 3.13. The van der Waals surface area contributed by atoms with E-state index >= 15 is 0 Å². The molecule has 0 aliphatic heterocycles. The van der Waals surface area contributed by atoms with Crippen LogP contribution in [-0.2, 0) is 10.9 Å². The van der Waals surface area contributed by atoms with Gasteiger partial charge >= 0.3 is 18.2 Å². The molecular weight excluding hydrogens is 547 g/mol. The molecule has 0 unspecified atom stereocenters. The summed E-state index contributed by atoms with van der Waals surface area (Å²) in [4.78, 5) is 32.7. The van der Waals surface area contributed by atoms with Crippen molar-refractivity contribution in [1.82, 2.24) is 19.6 Å². The Labute approximate surface area is 209 Å². The number of pyridine rings is 1. The summed E-state index contributed by atoms with van der Waals surface area (Å²) in [6.07, 6.45) is -2.37. The summed E-state index contributed by atoms with van der Waals surface area (Å²) in [5, 5.41) is 8.91. The van der Waals surface area contributed by atoms with Crippen LogP contribution < -0.4 is 16.4 Å². The van der Waals surface area contributed by atoms with Gasteiger partial charge in [0.1, 0.15) is 27.8 Å². The van der Waals surface area contributed by atoms with Crippen LogP contribution in [0.1, 0.15) is 22.8 Å². The number of nitrogens with zero attached hydrogens (tertiary/aromatic N) is 4. The number of benzene rings is 1. The molecule has 4 aromatic rings. The molecule has 0 saturated heterocycles. The Balaban J connectivity index is 1.61. The summed E-state index contributed by atoms with van der Waals surface area (Å²) in [6.45, 7) is 1.83. The molecule has 14 heteroatoms. The van der Waals surface area contributed by atoms with Crippen molar-refractivity contribution in [1.29, 1.82) is 0 Å². The largest absolute Gasteiger partial charge is 0.462 e. The molecule has 0 saturated carbocycles. The first-order chi connectivity index (χ1) is 17.1. The first kappa shape index (κ1) is 24.9. The molecule has 0 aliphatic carbocycles. The maximum absolute atomic E-state index is 12.9. The lowest BCUT2D eigenvalue weighted by Gasteiger charge is -2.11. The molecule has 186 valence electrons. The van der Waals surface area contributed by atoms with E-state index in [1.807, 2.05) is 0 Å². The van der Waals surface area contributed by atoms with Gasteiger partial charge in [-0.25, -0.2) is 24.1 Å². The number of nitrogens with one attached hydrogen (secondary N) is 2. The SMILES string of the molecule is CCOC(=O)c1c(-c2ccc(NC(=O)Nc3cc(C(F)(F)F)ccn3)cc2)c2c(N)ncnn2c1Br. The van der Waals surface area contributed by atoms with E-state index in [4.69, 9.17) is 10.5 Å². The Morgan fingerprint density at radius 3 is 2.53 bits per heavy atom. The molecule has 0 fully saturated rings. The van der Waals surface area contributed by atoms with Crippen LogP contribution in [0.4, 0.5) is 35.3 Å². The monoisotopic (exact) mass is 563 g/mol. The van der Waals surface area contributed by atoms with Crippen LogP contribution in [0.2, 0.25) is 0 Å². The molecule has 4 rings (SSSR count). The third-order valence-corrected chi connectivity index (χ3v) is 5.67. The summed E-state index contributed by atoms with van der Waals surface area (Å²) < 4.78 is 45.6. The number of urea groups is 1. The van der Waals surface area contributed by atoms with E-state index in [9.17, 15) is 22.8 Å². The third kappa shape index (κ3) is 4.93. The van der Waals surface area contributed by atoms with Crippen molar-refractivity contribution in [2.75, 3.05) is 23.0 Å². The second kappa shape index (κ2) is 9.81. The van der Waals surface area contributed by atoms with Crippen molar-refractivity contribution in [3.8, 4) is 11.1 Å². The highest BCUT2D eigenvalue weighted by Gasteiger charge is 2.31. The minimum atomic E-state index is -4.57. The highest BCUT2D eigenvalue weighted by atomic mass is 79.9. The average molecular weight is 564 g/mol. The molecule has 0 atom stereocenters. The van der Waals surface area contributed by atoms with Gasteiger partial charge in [0.05, 0.1) is 12.2 Å². The normalized spacial score (nSPS) is 11.4. The van der Waals surface area contributed by atoms with Crippen molar-refractivity contribution in [3.05, 3.63) is 64.7 Å². The Hall–Kier alpha value is -4.20. The number of nitrogens with two attached hydrogens (primary N) is 1. The second-order valence-electron chi connectivity index (χ2n) is 7.25. The topological polar surface area (TPSA) is 137 Å². The second-order valence-corrected chi connectivity index (χ2v) is 8.00. The summed E-state index contributed by atoms with van der Waals surface area (Å²) >= 11 is 3.38. The van der Waals surface area contributed by atoms with Gasteiger partial charge in [0.15, 0.2) is 5.82 Å². The minimum absolute atomic E-state index is 0.131. The van der Waals surface area contributed by atoms with Crippen LogP contribution in [0.15, 0.2) is 53.5 Å². The number of carbonyl (C=O) groups is 2. The maximum Gasteiger partial charge on any atom is 0.416 e. The van der Waals surface area contributed by atoms with E-state index in [1.54, 1.807) is 31.2 Å². The summed E-state index contributed by atoms with van der Waals surface area (Å²) in [5.74, 6) is -0.732. The molecule has 2 amide bonds. The van der Waals surface area contributed by atoms with E-state index < -0.39 is 23.7 Å². The van der Waals surface area contributed by atoms with E-state index in [2.05, 4.69) is 41.6 Å². The van der Waals surface area contributed by atoms with Gasteiger partial charge in [-0.3, -0.25) is 5.32 Å². The molecule has 4 N–H and O–H groups in total. The summed E-state index contributed by atoms with van der Waals surface area (Å²) in [7, 11) is 0. The molecule has 0 spiro atoms. The van der Waals surface area contributed by atoms with Gasteiger partial charge in [0, 0.05) is 17.4 Å². The lowest BCUT2D eigenvalue weighted by molar-refractivity contribution is -0.137. The number of rotatable bonds is 5. The number of ether oxygens (including phenoxy) is 1. The van der Waals surface area contributed by atoms with Crippen LogP contribution in [0.5, 0.6) is 0 Å². The predicted molar refractivity (Wildman–Crippen MR) is 128 cm³/mol. The van der Waals surface area contributed by atoms with Gasteiger partial charge in [-0.05, 0) is 52.7 Å². The molecule has 3 aromatic heterocycles. The van der Waals surface area contributed by atoms with Gasteiger partial charge in [-0.1, -0.05) is 12.1 Å². The number of nitrogen functional groups attached to an aromatic ring is 1. The Bertz CT molecular complexity index is 1460. The zero-order chi connectivity index (χ0) is 26.0. The van der Waals surface area contributed by atoms with Gasteiger partial charge in [-0.15, -0.1) is 0 Å². The lowest BCUT2D eigenvalue weighted by Crippen LogP contribution is -2.20. The van der Waals surface area contributed by atoms with E-state index in [0.29, 0.717) is 26.9 Å². The first-order valence-corrected chi connectivity index (χ1v) is 11.1. The number of alkyl halides is 3. The maximum atomic E-state index is 12.9. The van der Waals surface area contributed by atoms with Crippen LogP contribution in [0.3, 0.4) is 0 Å². The molecule has 0 radical (unpaired) electrons. The van der Waals surface area contributed by atoms with E-state index in [1.165, 1.54) is 10.8 Å². The molecule has 1 aromatic carbocycles. The number of amides is 2.